The van der Waals surface area contributed by atoms with Crippen LogP contribution < -0.4 is 5.32 Å². The second-order valence-corrected chi connectivity index (χ2v) is 6.46. The van der Waals surface area contributed by atoms with E-state index in [4.69, 9.17) is 0 Å². The molecule has 0 amide bonds. The maximum absolute atomic E-state index is 9.31. The van der Waals surface area contributed by atoms with Crippen molar-refractivity contribution in [3.8, 4) is 0 Å². The van der Waals surface area contributed by atoms with Crippen molar-refractivity contribution in [1.29, 1.82) is 0 Å². The molecular weight excluding hydrogens is 222 g/mol. The Morgan fingerprint density at radius 1 is 1.28 bits per heavy atom. The van der Waals surface area contributed by atoms with E-state index in [-0.39, 0.29) is 10.8 Å². The molecule has 2 N–H and O–H groups in total. The topological polar surface area (TPSA) is 32.3 Å². The van der Waals surface area contributed by atoms with E-state index in [1.807, 2.05) is 0 Å². The van der Waals surface area contributed by atoms with Gasteiger partial charge in [0.05, 0.1) is 0 Å². The first-order chi connectivity index (χ1) is 8.49. The molecule has 1 aromatic carbocycles. The highest BCUT2D eigenvalue weighted by Crippen LogP contribution is 2.44. The lowest BCUT2D eigenvalue weighted by molar-refractivity contribution is 0.205. The molecule has 1 aromatic rings. The summed E-state index contributed by atoms with van der Waals surface area (Å²) in [6.45, 7) is 8.96. The predicted molar refractivity (Wildman–Crippen MR) is 75.8 cm³/mol. The highest BCUT2D eigenvalue weighted by molar-refractivity contribution is 5.32. The Kier molecular flexibility index (Phi) is 3.79. The second-order valence-electron chi connectivity index (χ2n) is 6.46. The molecular formula is C16H25NO. The molecule has 0 heterocycles. The van der Waals surface area contributed by atoms with Crippen molar-refractivity contribution in [1.82, 2.24) is 5.32 Å². The molecule has 1 aliphatic rings. The minimum Gasteiger partial charge on any atom is -0.396 e. The van der Waals surface area contributed by atoms with Crippen LogP contribution in [0.5, 0.6) is 0 Å². The SMILES string of the molecule is Cc1ccccc1C(C)(C)CNCC1(CO)CC1. The molecule has 0 aromatic heterocycles. The lowest BCUT2D eigenvalue weighted by Gasteiger charge is -2.28. The fraction of sp³-hybridized carbons (Fsp3) is 0.625. The smallest absolute Gasteiger partial charge is 0.0499 e. The summed E-state index contributed by atoms with van der Waals surface area (Å²) in [7, 11) is 0. The molecule has 2 heteroatoms. The first kappa shape index (κ1) is 13.6. The van der Waals surface area contributed by atoms with Crippen LogP contribution in [0.15, 0.2) is 24.3 Å². The lowest BCUT2D eigenvalue weighted by atomic mass is 9.82. The van der Waals surface area contributed by atoms with E-state index in [9.17, 15) is 5.11 Å². The van der Waals surface area contributed by atoms with Gasteiger partial charge >= 0.3 is 0 Å². The number of nitrogens with one attached hydrogen (secondary N) is 1. The van der Waals surface area contributed by atoms with Gasteiger partial charge in [-0.25, -0.2) is 0 Å². The number of benzene rings is 1. The van der Waals surface area contributed by atoms with Crippen LogP contribution in [0.25, 0.3) is 0 Å². The van der Waals surface area contributed by atoms with Crippen molar-refractivity contribution in [3.05, 3.63) is 35.4 Å². The first-order valence-electron chi connectivity index (χ1n) is 6.87. The Bertz CT molecular complexity index is 407. The van der Waals surface area contributed by atoms with Crippen molar-refractivity contribution >= 4 is 0 Å². The molecule has 0 bridgehead atoms. The third-order valence-electron chi connectivity index (χ3n) is 4.23. The van der Waals surface area contributed by atoms with E-state index in [0.29, 0.717) is 6.61 Å². The van der Waals surface area contributed by atoms with E-state index in [2.05, 4.69) is 50.4 Å². The van der Waals surface area contributed by atoms with Gasteiger partial charge in [-0.05, 0) is 30.9 Å². The third kappa shape index (κ3) is 2.93. The van der Waals surface area contributed by atoms with Crippen LogP contribution in [0, 0.1) is 12.3 Å². The number of aliphatic hydroxyl groups is 1. The third-order valence-corrected chi connectivity index (χ3v) is 4.23. The van der Waals surface area contributed by atoms with E-state index in [0.717, 1.165) is 13.1 Å². The van der Waals surface area contributed by atoms with E-state index >= 15 is 0 Å². The summed E-state index contributed by atoms with van der Waals surface area (Å²) < 4.78 is 0. The second kappa shape index (κ2) is 5.02. The summed E-state index contributed by atoms with van der Waals surface area (Å²) in [5.41, 5.74) is 3.09. The summed E-state index contributed by atoms with van der Waals surface area (Å²) >= 11 is 0. The highest BCUT2D eigenvalue weighted by atomic mass is 16.3. The predicted octanol–water partition coefficient (Wildman–Crippen LogP) is 2.63. The number of hydrogen-bond donors (Lipinski definition) is 2. The Morgan fingerprint density at radius 2 is 1.94 bits per heavy atom. The zero-order valence-electron chi connectivity index (χ0n) is 11.8. The van der Waals surface area contributed by atoms with E-state index in [1.165, 1.54) is 24.0 Å². The first-order valence-corrected chi connectivity index (χ1v) is 6.87. The van der Waals surface area contributed by atoms with E-state index in [1.54, 1.807) is 0 Å². The molecule has 18 heavy (non-hydrogen) atoms. The average Bonchev–Trinajstić information content (AvgIpc) is 3.10. The molecule has 1 fully saturated rings. The average molecular weight is 247 g/mol. The van der Waals surface area contributed by atoms with Crippen molar-refractivity contribution < 1.29 is 5.11 Å². The van der Waals surface area contributed by atoms with Gasteiger partial charge in [0.2, 0.25) is 0 Å². The van der Waals surface area contributed by atoms with Crippen molar-refractivity contribution in [2.24, 2.45) is 5.41 Å². The van der Waals surface area contributed by atoms with Gasteiger partial charge in [0.15, 0.2) is 0 Å². The molecule has 0 saturated heterocycles. The summed E-state index contributed by atoms with van der Waals surface area (Å²) in [5, 5.41) is 12.9. The Balaban J connectivity index is 1.93. The molecule has 2 nitrogen and oxygen atoms in total. The fourth-order valence-electron chi connectivity index (χ4n) is 2.64. The summed E-state index contributed by atoms with van der Waals surface area (Å²) in [5.74, 6) is 0. The normalized spacial score (nSPS) is 17.8. The molecule has 2 rings (SSSR count). The fourth-order valence-corrected chi connectivity index (χ4v) is 2.64. The molecule has 0 spiro atoms. The zero-order chi connectivity index (χ0) is 13.2. The van der Waals surface area contributed by atoms with Gasteiger partial charge < -0.3 is 10.4 Å². The lowest BCUT2D eigenvalue weighted by Crippen LogP contribution is -2.37. The van der Waals surface area contributed by atoms with Crippen LogP contribution in [-0.2, 0) is 5.41 Å². The molecule has 0 aliphatic heterocycles. The van der Waals surface area contributed by atoms with Gasteiger partial charge in [0, 0.05) is 30.5 Å². The van der Waals surface area contributed by atoms with Crippen molar-refractivity contribution in [2.45, 2.75) is 39.0 Å². The summed E-state index contributed by atoms with van der Waals surface area (Å²) in [6, 6.07) is 8.59. The van der Waals surface area contributed by atoms with Gasteiger partial charge in [-0.1, -0.05) is 38.1 Å². The number of aryl methyl sites for hydroxylation is 1. The molecule has 0 atom stereocenters. The highest BCUT2D eigenvalue weighted by Gasteiger charge is 2.41. The van der Waals surface area contributed by atoms with Crippen LogP contribution >= 0.6 is 0 Å². The van der Waals surface area contributed by atoms with Crippen LogP contribution in [0.4, 0.5) is 0 Å². The Hall–Kier alpha value is -0.860. The van der Waals surface area contributed by atoms with Crippen LogP contribution in [-0.4, -0.2) is 24.8 Å². The van der Waals surface area contributed by atoms with Gasteiger partial charge in [-0.3, -0.25) is 0 Å². The quantitative estimate of drug-likeness (QED) is 0.810. The monoisotopic (exact) mass is 247 g/mol. The number of aliphatic hydroxyl groups excluding tert-OH is 1. The summed E-state index contributed by atoms with van der Waals surface area (Å²) in [4.78, 5) is 0. The number of rotatable bonds is 6. The van der Waals surface area contributed by atoms with Gasteiger partial charge in [0.25, 0.3) is 0 Å². The zero-order valence-corrected chi connectivity index (χ0v) is 11.8. The molecule has 1 saturated carbocycles. The maximum atomic E-state index is 9.31. The molecule has 1 aliphatic carbocycles. The maximum Gasteiger partial charge on any atom is 0.0499 e. The van der Waals surface area contributed by atoms with Crippen molar-refractivity contribution in [2.75, 3.05) is 19.7 Å². The standard InChI is InChI=1S/C16H25NO/c1-13-6-4-5-7-14(13)15(2,3)10-17-11-16(12-18)8-9-16/h4-7,17-18H,8-12H2,1-3H3. The van der Waals surface area contributed by atoms with Crippen LogP contribution in [0.3, 0.4) is 0 Å². The largest absolute Gasteiger partial charge is 0.396 e. The Labute approximate surface area is 110 Å². The van der Waals surface area contributed by atoms with Crippen LogP contribution in [0.2, 0.25) is 0 Å². The number of hydrogen-bond acceptors (Lipinski definition) is 2. The summed E-state index contributed by atoms with van der Waals surface area (Å²) in [6.07, 6.45) is 2.34. The van der Waals surface area contributed by atoms with Gasteiger partial charge in [-0.15, -0.1) is 0 Å². The van der Waals surface area contributed by atoms with Gasteiger partial charge in [-0.2, -0.15) is 0 Å². The van der Waals surface area contributed by atoms with Gasteiger partial charge in [0.1, 0.15) is 0 Å². The van der Waals surface area contributed by atoms with E-state index < -0.39 is 0 Å². The van der Waals surface area contributed by atoms with Crippen LogP contribution in [0.1, 0.15) is 37.8 Å². The minimum absolute atomic E-state index is 0.136. The van der Waals surface area contributed by atoms with Crippen molar-refractivity contribution in [3.63, 3.8) is 0 Å². The molecule has 0 radical (unpaired) electrons. The molecule has 0 unspecified atom stereocenters. The molecule has 100 valence electrons. The minimum atomic E-state index is 0.136. The Morgan fingerprint density at radius 3 is 2.50 bits per heavy atom.